The van der Waals surface area contributed by atoms with Crippen LogP contribution >= 0.6 is 0 Å². The second kappa shape index (κ2) is 13.9. The van der Waals surface area contributed by atoms with Gasteiger partial charge in [0.15, 0.2) is 0 Å². The summed E-state index contributed by atoms with van der Waals surface area (Å²) in [6, 6.07) is 60.9. The predicted octanol–water partition coefficient (Wildman–Crippen LogP) is 8.10. The average Bonchev–Trinajstić information content (AvgIpc) is 3.98. The molecular formula is C44H34CdN4. The minimum absolute atomic E-state index is 0.939. The van der Waals surface area contributed by atoms with Gasteiger partial charge in [-0.15, -0.1) is 0 Å². The normalized spacial score (nSPS) is 11.6. The van der Waals surface area contributed by atoms with Crippen LogP contribution in [0.4, 0.5) is 0 Å². The van der Waals surface area contributed by atoms with Gasteiger partial charge in [0.25, 0.3) is 0 Å². The number of H-pyrrole nitrogens is 2. The summed E-state index contributed by atoms with van der Waals surface area (Å²) in [6.45, 7) is 0. The summed E-state index contributed by atoms with van der Waals surface area (Å²) < 4.78 is 6.03. The maximum absolute atomic E-state index is 4.63. The van der Waals surface area contributed by atoms with Gasteiger partial charge in [-0.3, -0.25) is 0 Å². The third-order valence-corrected chi connectivity index (χ3v) is 29.2. The van der Waals surface area contributed by atoms with E-state index in [0.717, 1.165) is 44.8 Å². The molecule has 9 rings (SSSR count). The number of nitrogens with one attached hydrogen (secondary N) is 2. The molecule has 0 fully saturated rings. The number of fused-ring (bicyclic) bond motifs is 8. The number of aromatic amines is 2. The van der Waals surface area contributed by atoms with E-state index in [-0.39, 0.29) is 0 Å². The van der Waals surface area contributed by atoms with Crippen molar-refractivity contribution >= 4 is 58.9 Å². The van der Waals surface area contributed by atoms with Crippen LogP contribution in [0.15, 0.2) is 170 Å². The van der Waals surface area contributed by atoms with Crippen molar-refractivity contribution in [1.29, 1.82) is 0 Å². The molecule has 0 unspecified atom stereocenters. The van der Waals surface area contributed by atoms with Gasteiger partial charge in [0.1, 0.15) is 0 Å². The Bertz CT molecular complexity index is 2090. The van der Waals surface area contributed by atoms with Gasteiger partial charge in [0.2, 0.25) is 0 Å². The van der Waals surface area contributed by atoms with Crippen molar-refractivity contribution in [2.24, 2.45) is 0 Å². The standard InChI is InChI=1S/C20H14N4.4C6H5.Cd/c1-2-14-10-16-5-6-18(23-16)12-20-8-7-19(24-20)11-17-4-3-15(22-17)9-13(1)21-14;4*1-2-4-6-5-3-1;/h1-12,21,24H;4*1-5H;. The topological polar surface area (TPSA) is 57.4 Å². The van der Waals surface area contributed by atoms with Crippen molar-refractivity contribution in [2.75, 3.05) is 0 Å². The Morgan fingerprint density at radius 2 is 0.551 bits per heavy atom. The van der Waals surface area contributed by atoms with Crippen LogP contribution in [0, 0.1) is 0 Å². The van der Waals surface area contributed by atoms with E-state index in [1.165, 1.54) is 12.5 Å². The fraction of sp³-hybridized carbons (Fsp3) is 0. The van der Waals surface area contributed by atoms with Crippen LogP contribution in [0.25, 0.3) is 46.4 Å². The van der Waals surface area contributed by atoms with E-state index in [1.807, 2.05) is 48.6 Å². The van der Waals surface area contributed by atoms with Crippen LogP contribution in [0.1, 0.15) is 22.8 Å². The van der Waals surface area contributed by atoms with Gasteiger partial charge < -0.3 is 9.97 Å². The number of nitrogens with zero attached hydrogens (tertiary/aromatic N) is 2. The first-order valence-corrected chi connectivity index (χ1v) is 25.0. The molecule has 5 heterocycles. The van der Waals surface area contributed by atoms with Gasteiger partial charge in [-0.05, 0) is 72.8 Å². The molecule has 0 radical (unpaired) electrons. The number of hydrogen-bond acceptors (Lipinski definition) is 2. The maximum atomic E-state index is 4.63. The monoisotopic (exact) mass is 732 g/mol. The SMILES string of the molecule is C1=Cc2cc3ccc(cc4nc(cc5ccc(cc1n2)[nH]5)C=C4)[nH]3.c1cc[c]([Cd]([c]2ccccc2)([c]2ccccc2)[c]2ccccc2)cc1. The number of benzene rings is 4. The molecule has 5 heteroatoms. The molecule has 0 spiro atoms. The Labute approximate surface area is 290 Å². The molecule has 232 valence electrons. The van der Waals surface area contributed by atoms with E-state index in [2.05, 4.69) is 166 Å². The van der Waals surface area contributed by atoms with Gasteiger partial charge in [0, 0.05) is 22.1 Å². The molecule has 49 heavy (non-hydrogen) atoms. The van der Waals surface area contributed by atoms with E-state index in [0.29, 0.717) is 0 Å². The van der Waals surface area contributed by atoms with Crippen molar-refractivity contribution < 1.29 is 21.2 Å². The van der Waals surface area contributed by atoms with Crippen LogP contribution in [0.3, 0.4) is 0 Å². The van der Waals surface area contributed by atoms with Gasteiger partial charge in [-0.2, -0.15) is 0 Å². The predicted molar refractivity (Wildman–Crippen MR) is 203 cm³/mol. The van der Waals surface area contributed by atoms with Gasteiger partial charge in [-0.25, -0.2) is 9.97 Å². The van der Waals surface area contributed by atoms with Crippen molar-refractivity contribution in [3.63, 3.8) is 0 Å². The van der Waals surface area contributed by atoms with E-state index in [1.54, 1.807) is 0 Å². The van der Waals surface area contributed by atoms with E-state index in [4.69, 9.17) is 0 Å². The summed E-state index contributed by atoms with van der Waals surface area (Å²) in [4.78, 5) is 16.0. The Balaban J connectivity index is 0.000000142. The van der Waals surface area contributed by atoms with Gasteiger partial charge in [-0.1, -0.05) is 0 Å². The average molecular weight is 731 g/mol. The molecule has 0 saturated heterocycles. The van der Waals surface area contributed by atoms with Crippen molar-refractivity contribution in [1.82, 2.24) is 19.9 Å². The molecule has 0 aliphatic carbocycles. The molecule has 8 bridgehead atoms. The molecular weight excluding hydrogens is 697 g/mol. The number of hydrogen-bond donors (Lipinski definition) is 2. The summed E-state index contributed by atoms with van der Waals surface area (Å²) in [6.07, 6.45) is 8.09. The third-order valence-electron chi connectivity index (χ3n) is 9.86. The molecule has 4 aromatic carbocycles. The molecule has 2 N–H and O–H groups in total. The van der Waals surface area contributed by atoms with Gasteiger partial charge in [0.05, 0.1) is 22.8 Å². The third kappa shape index (κ3) is 6.60. The Hall–Kier alpha value is -5.60. The molecule has 3 aromatic heterocycles. The fourth-order valence-electron chi connectivity index (χ4n) is 7.68. The first-order valence-electron chi connectivity index (χ1n) is 16.9. The van der Waals surface area contributed by atoms with E-state index >= 15 is 0 Å². The van der Waals surface area contributed by atoms with Crippen molar-refractivity contribution in [2.45, 2.75) is 0 Å². The molecule has 4 nitrogen and oxygen atoms in total. The Kier molecular flexibility index (Phi) is 8.69. The second-order valence-electron chi connectivity index (χ2n) is 12.9. The molecule has 0 atom stereocenters. The zero-order valence-corrected chi connectivity index (χ0v) is 31.1. The summed E-state index contributed by atoms with van der Waals surface area (Å²) in [5.74, 6) is 0. The zero-order valence-electron chi connectivity index (χ0n) is 27.1. The van der Waals surface area contributed by atoms with Crippen LogP contribution < -0.4 is 12.5 Å². The zero-order chi connectivity index (χ0) is 32.9. The fourth-order valence-corrected chi connectivity index (χ4v) is 26.9. The van der Waals surface area contributed by atoms with Crippen LogP contribution in [0.2, 0.25) is 0 Å². The molecule has 2 aliphatic rings. The van der Waals surface area contributed by atoms with Crippen LogP contribution in [-0.4, -0.2) is 19.9 Å². The molecule has 2 aliphatic heterocycles. The van der Waals surface area contributed by atoms with Crippen molar-refractivity contribution in [3.8, 4) is 0 Å². The summed E-state index contributed by atoms with van der Waals surface area (Å²) in [7, 11) is 0. The minimum atomic E-state index is -3.59. The molecule has 0 saturated carbocycles. The quantitative estimate of drug-likeness (QED) is 0.180. The Morgan fingerprint density at radius 1 is 0.306 bits per heavy atom. The molecule has 0 amide bonds. The first-order chi connectivity index (χ1) is 24.2. The second-order valence-corrected chi connectivity index (χ2v) is 28.3. The number of aromatic nitrogens is 4. The first kappa shape index (κ1) is 30.7. The summed E-state index contributed by atoms with van der Waals surface area (Å²) in [5, 5.41) is 0. The summed E-state index contributed by atoms with van der Waals surface area (Å²) in [5.41, 5.74) is 7.86. The summed E-state index contributed by atoms with van der Waals surface area (Å²) >= 11 is -3.59. The van der Waals surface area contributed by atoms with Gasteiger partial charge >= 0.3 is 155 Å². The van der Waals surface area contributed by atoms with Crippen molar-refractivity contribution in [3.05, 3.63) is 193 Å². The molecule has 7 aromatic rings. The van der Waals surface area contributed by atoms with E-state index < -0.39 is 21.2 Å². The number of rotatable bonds is 4. The Morgan fingerprint density at radius 3 is 0.796 bits per heavy atom. The van der Waals surface area contributed by atoms with Crippen LogP contribution in [-0.2, 0) is 21.2 Å². The van der Waals surface area contributed by atoms with Crippen LogP contribution in [0.5, 0.6) is 0 Å². The van der Waals surface area contributed by atoms with E-state index in [9.17, 15) is 0 Å².